The van der Waals surface area contributed by atoms with E-state index in [2.05, 4.69) is 41.9 Å². The predicted octanol–water partition coefficient (Wildman–Crippen LogP) is 4.40. The van der Waals surface area contributed by atoms with Crippen molar-refractivity contribution in [1.82, 2.24) is 10.2 Å². The number of thiophene rings is 1. The molecule has 5 nitrogen and oxygen atoms in total. The molecule has 3 rings (SSSR count). The molecule has 0 bridgehead atoms. The summed E-state index contributed by atoms with van der Waals surface area (Å²) < 4.78 is 0. The minimum atomic E-state index is 0.193. The van der Waals surface area contributed by atoms with Gasteiger partial charge in [0.15, 0.2) is 0 Å². The van der Waals surface area contributed by atoms with Gasteiger partial charge in [0.2, 0.25) is 0 Å². The highest BCUT2D eigenvalue weighted by Crippen LogP contribution is 2.21. The fourth-order valence-electron chi connectivity index (χ4n) is 3.44. The van der Waals surface area contributed by atoms with Crippen LogP contribution in [0.4, 0.5) is 11.4 Å². The number of rotatable bonds is 9. The Bertz CT molecular complexity index is 752. The van der Waals surface area contributed by atoms with E-state index in [0.717, 1.165) is 62.5 Å². The van der Waals surface area contributed by atoms with Crippen molar-refractivity contribution in [2.75, 3.05) is 36.8 Å². The molecule has 3 N–H and O–H groups in total. The number of benzene rings is 1. The molecule has 0 saturated carbocycles. The Morgan fingerprint density at radius 3 is 2.61 bits per heavy atom. The molecule has 1 aliphatic heterocycles. The Morgan fingerprint density at radius 2 is 1.86 bits per heavy atom. The number of hydrogen-bond donors (Lipinski definition) is 3. The normalized spacial score (nSPS) is 14.3. The molecular formula is C22H32N4OS. The lowest BCUT2D eigenvalue weighted by molar-refractivity contribution is 0.0725. The maximum atomic E-state index is 12.6. The van der Waals surface area contributed by atoms with Gasteiger partial charge in [0, 0.05) is 49.0 Å². The van der Waals surface area contributed by atoms with Gasteiger partial charge < -0.3 is 20.9 Å². The molecule has 1 saturated heterocycles. The summed E-state index contributed by atoms with van der Waals surface area (Å²) in [4.78, 5) is 15.8. The topological polar surface area (TPSA) is 56.4 Å². The first kappa shape index (κ1) is 20.7. The third kappa shape index (κ3) is 5.97. The number of para-hydroxylation sites is 2. The summed E-state index contributed by atoms with van der Waals surface area (Å²) in [6.45, 7) is 8.60. The van der Waals surface area contributed by atoms with E-state index in [9.17, 15) is 4.79 Å². The monoisotopic (exact) mass is 400 g/mol. The van der Waals surface area contributed by atoms with Crippen molar-refractivity contribution in [3.63, 3.8) is 0 Å². The van der Waals surface area contributed by atoms with E-state index in [-0.39, 0.29) is 5.91 Å². The third-order valence-corrected chi connectivity index (χ3v) is 5.77. The van der Waals surface area contributed by atoms with Crippen LogP contribution in [0.15, 0.2) is 35.7 Å². The Kier molecular flexibility index (Phi) is 7.74. The van der Waals surface area contributed by atoms with Crippen molar-refractivity contribution in [2.24, 2.45) is 0 Å². The van der Waals surface area contributed by atoms with Crippen LogP contribution in [0.3, 0.4) is 0 Å². The van der Waals surface area contributed by atoms with Crippen LogP contribution in [-0.4, -0.2) is 43.0 Å². The number of piperidine rings is 1. The van der Waals surface area contributed by atoms with Gasteiger partial charge in [-0.25, -0.2) is 0 Å². The first-order valence-electron chi connectivity index (χ1n) is 10.3. The highest BCUT2D eigenvalue weighted by molar-refractivity contribution is 7.10. The second-order valence-corrected chi connectivity index (χ2v) is 8.60. The maximum Gasteiger partial charge on any atom is 0.254 e. The van der Waals surface area contributed by atoms with Crippen LogP contribution in [-0.2, 0) is 6.54 Å². The Morgan fingerprint density at radius 1 is 1.11 bits per heavy atom. The number of nitrogens with zero attached hydrogens (tertiary/aromatic N) is 1. The zero-order valence-electron chi connectivity index (χ0n) is 17.0. The van der Waals surface area contributed by atoms with Gasteiger partial charge in [0.25, 0.3) is 5.91 Å². The van der Waals surface area contributed by atoms with Gasteiger partial charge in [-0.3, -0.25) is 4.79 Å². The van der Waals surface area contributed by atoms with Crippen molar-refractivity contribution in [3.8, 4) is 0 Å². The fourth-order valence-corrected chi connectivity index (χ4v) is 4.26. The van der Waals surface area contributed by atoms with Gasteiger partial charge in [-0.15, -0.1) is 11.3 Å². The van der Waals surface area contributed by atoms with Crippen LogP contribution >= 0.6 is 11.3 Å². The van der Waals surface area contributed by atoms with E-state index in [1.54, 1.807) is 11.3 Å². The number of amides is 1. The molecule has 0 atom stereocenters. The molecule has 0 unspecified atom stereocenters. The van der Waals surface area contributed by atoms with Crippen molar-refractivity contribution in [1.29, 1.82) is 0 Å². The minimum absolute atomic E-state index is 0.193. The van der Waals surface area contributed by atoms with E-state index in [4.69, 9.17) is 0 Å². The summed E-state index contributed by atoms with van der Waals surface area (Å²) in [6, 6.07) is 10.7. The Hall–Kier alpha value is -2.05. The molecular weight excluding hydrogens is 368 g/mol. The van der Waals surface area contributed by atoms with Crippen LogP contribution in [0.1, 0.15) is 48.3 Å². The Balaban J connectivity index is 1.40. The van der Waals surface area contributed by atoms with Crippen LogP contribution in [0.5, 0.6) is 0 Å². The fraction of sp³-hybridized carbons (Fsp3) is 0.500. The zero-order chi connectivity index (χ0) is 19.8. The highest BCUT2D eigenvalue weighted by atomic mass is 32.1. The van der Waals surface area contributed by atoms with Crippen LogP contribution in [0, 0.1) is 0 Å². The van der Waals surface area contributed by atoms with E-state index in [1.165, 1.54) is 11.3 Å². The second-order valence-electron chi connectivity index (χ2n) is 7.60. The smallest absolute Gasteiger partial charge is 0.254 e. The van der Waals surface area contributed by atoms with Crippen molar-refractivity contribution in [2.45, 2.75) is 45.7 Å². The van der Waals surface area contributed by atoms with Crippen LogP contribution in [0.25, 0.3) is 0 Å². The zero-order valence-corrected chi connectivity index (χ0v) is 17.8. The SMILES string of the molecule is CC(C)Nc1ccccc1NCCNCc1cc(C(=O)N2CCCCC2)cs1. The lowest BCUT2D eigenvalue weighted by Gasteiger charge is -2.26. The number of nitrogens with one attached hydrogen (secondary N) is 3. The lowest BCUT2D eigenvalue weighted by atomic mass is 10.1. The first-order valence-corrected chi connectivity index (χ1v) is 11.2. The van der Waals surface area contributed by atoms with Crippen LogP contribution < -0.4 is 16.0 Å². The Labute approximate surface area is 172 Å². The standard InChI is InChI=1S/C22H32N4OS/c1-17(2)25-21-9-5-4-8-20(21)24-11-10-23-15-19-14-18(16-28-19)22(27)26-12-6-3-7-13-26/h4-5,8-9,14,16-17,23-25H,3,6-7,10-13,15H2,1-2H3. The molecule has 1 amide bonds. The van der Waals surface area contributed by atoms with Gasteiger partial charge >= 0.3 is 0 Å². The molecule has 2 aromatic rings. The van der Waals surface area contributed by atoms with Crippen molar-refractivity contribution < 1.29 is 4.79 Å². The molecule has 1 aromatic heterocycles. The molecule has 2 heterocycles. The van der Waals surface area contributed by atoms with Crippen molar-refractivity contribution >= 4 is 28.6 Å². The lowest BCUT2D eigenvalue weighted by Crippen LogP contribution is -2.35. The first-order chi connectivity index (χ1) is 13.6. The predicted molar refractivity (Wildman–Crippen MR) is 119 cm³/mol. The van der Waals surface area contributed by atoms with E-state index < -0.39 is 0 Å². The summed E-state index contributed by atoms with van der Waals surface area (Å²) >= 11 is 1.67. The van der Waals surface area contributed by atoms with Gasteiger partial charge in [-0.05, 0) is 51.3 Å². The molecule has 0 aliphatic carbocycles. The molecule has 152 valence electrons. The summed E-state index contributed by atoms with van der Waals surface area (Å²) in [7, 11) is 0. The van der Waals surface area contributed by atoms with E-state index in [1.807, 2.05) is 28.5 Å². The van der Waals surface area contributed by atoms with Gasteiger partial charge in [0.1, 0.15) is 0 Å². The molecule has 28 heavy (non-hydrogen) atoms. The maximum absolute atomic E-state index is 12.6. The van der Waals surface area contributed by atoms with Gasteiger partial charge in [-0.1, -0.05) is 12.1 Å². The minimum Gasteiger partial charge on any atom is -0.382 e. The molecule has 0 radical (unpaired) electrons. The summed E-state index contributed by atoms with van der Waals surface area (Å²) in [5, 5.41) is 12.4. The van der Waals surface area contributed by atoms with E-state index in [0.29, 0.717) is 6.04 Å². The second kappa shape index (κ2) is 10.5. The van der Waals surface area contributed by atoms with Crippen LogP contribution in [0.2, 0.25) is 0 Å². The molecule has 6 heteroatoms. The van der Waals surface area contributed by atoms with Gasteiger partial charge in [-0.2, -0.15) is 0 Å². The largest absolute Gasteiger partial charge is 0.382 e. The quantitative estimate of drug-likeness (QED) is 0.546. The average molecular weight is 401 g/mol. The van der Waals surface area contributed by atoms with Gasteiger partial charge in [0.05, 0.1) is 16.9 Å². The molecule has 1 aromatic carbocycles. The average Bonchev–Trinajstić information content (AvgIpc) is 3.17. The molecule has 1 fully saturated rings. The number of likely N-dealkylation sites (tertiary alicyclic amines) is 1. The van der Waals surface area contributed by atoms with Crippen molar-refractivity contribution in [3.05, 3.63) is 46.2 Å². The summed E-state index contributed by atoms with van der Waals surface area (Å²) in [6.07, 6.45) is 3.51. The molecule has 0 spiro atoms. The number of anilines is 2. The number of carbonyl (C=O) groups excluding carboxylic acids is 1. The summed E-state index contributed by atoms with van der Waals surface area (Å²) in [5.41, 5.74) is 3.11. The number of hydrogen-bond acceptors (Lipinski definition) is 5. The third-order valence-electron chi connectivity index (χ3n) is 4.83. The highest BCUT2D eigenvalue weighted by Gasteiger charge is 2.19. The summed E-state index contributed by atoms with van der Waals surface area (Å²) in [5.74, 6) is 0.193. The number of carbonyl (C=O) groups is 1. The molecule has 1 aliphatic rings. The van der Waals surface area contributed by atoms with E-state index >= 15 is 0 Å².